The highest BCUT2D eigenvalue weighted by Crippen LogP contribution is 2.32. The minimum Gasteiger partial charge on any atom is -0.616 e. The number of anilines is 2. The molecule has 40 heavy (non-hydrogen) atoms. The van der Waals surface area contributed by atoms with Gasteiger partial charge in [-0.1, -0.05) is 68.3 Å². The third-order valence-electron chi connectivity index (χ3n) is 7.26. The molecule has 0 atom stereocenters. The quantitative estimate of drug-likeness (QED) is 0.283. The number of fused-ring (bicyclic) bond motifs is 1. The van der Waals surface area contributed by atoms with Gasteiger partial charge in [0.25, 0.3) is 0 Å². The number of urea groups is 1. The molecule has 2 amide bonds. The number of amides is 2. The van der Waals surface area contributed by atoms with E-state index in [1.807, 2.05) is 43.3 Å². The van der Waals surface area contributed by atoms with Gasteiger partial charge in [-0.2, -0.15) is 5.10 Å². The van der Waals surface area contributed by atoms with Crippen LogP contribution < -0.4 is 15.4 Å². The molecule has 0 bridgehead atoms. The number of carbonyl (C=O) groups excluding carboxylic acids is 1. The van der Waals surface area contributed by atoms with Crippen molar-refractivity contribution in [2.75, 3.05) is 48.4 Å². The Labute approximate surface area is 238 Å². The molecule has 1 aliphatic rings. The van der Waals surface area contributed by atoms with E-state index in [9.17, 15) is 9.35 Å². The summed E-state index contributed by atoms with van der Waals surface area (Å²) in [5.41, 5.74) is 3.87. The van der Waals surface area contributed by atoms with E-state index in [1.54, 1.807) is 16.9 Å². The summed E-state index contributed by atoms with van der Waals surface area (Å²) in [6.07, 6.45) is 1.68. The summed E-state index contributed by atoms with van der Waals surface area (Å²) < 4.78 is 19.5. The Morgan fingerprint density at radius 1 is 1.02 bits per heavy atom. The number of ether oxygens (including phenoxy) is 1. The molecule has 0 unspecified atom stereocenters. The zero-order valence-corrected chi connectivity index (χ0v) is 24.4. The second-order valence-electron chi connectivity index (χ2n) is 11.2. The Morgan fingerprint density at radius 2 is 1.77 bits per heavy atom. The third kappa shape index (κ3) is 6.43. The molecule has 1 aromatic heterocycles. The van der Waals surface area contributed by atoms with Gasteiger partial charge in [-0.3, -0.25) is 10.2 Å². The summed E-state index contributed by atoms with van der Waals surface area (Å²) in [5, 5.41) is 12.3. The van der Waals surface area contributed by atoms with Crippen molar-refractivity contribution in [2.24, 2.45) is 0 Å². The Bertz CT molecular complexity index is 1490. The van der Waals surface area contributed by atoms with Gasteiger partial charge in [-0.25, -0.2) is 9.48 Å². The number of rotatable bonds is 7. The average molecular weight is 560 g/mol. The first kappa shape index (κ1) is 28.0. The van der Waals surface area contributed by atoms with Crippen LogP contribution in [0.25, 0.3) is 16.5 Å². The zero-order valence-electron chi connectivity index (χ0n) is 23.6. The predicted octanol–water partition coefficient (Wildman–Crippen LogP) is 5.72. The minimum atomic E-state index is -0.683. The molecule has 0 spiro atoms. The third-order valence-corrected chi connectivity index (χ3v) is 8.53. The van der Waals surface area contributed by atoms with Gasteiger partial charge in [0.1, 0.15) is 29.7 Å². The molecule has 210 valence electrons. The second kappa shape index (κ2) is 11.9. The first-order valence-corrected chi connectivity index (χ1v) is 15.1. The molecular formula is C31H37N5O3S. The number of aromatic nitrogens is 2. The van der Waals surface area contributed by atoms with Gasteiger partial charge in [0, 0.05) is 36.5 Å². The van der Waals surface area contributed by atoms with Crippen LogP contribution in [0.5, 0.6) is 5.75 Å². The molecule has 4 aromatic rings. The molecule has 0 saturated carbocycles. The van der Waals surface area contributed by atoms with Crippen LogP contribution in [-0.4, -0.2) is 63.0 Å². The van der Waals surface area contributed by atoms with Crippen molar-refractivity contribution >= 4 is 39.5 Å². The van der Waals surface area contributed by atoms with E-state index in [1.165, 1.54) is 5.56 Å². The van der Waals surface area contributed by atoms with E-state index >= 15 is 0 Å². The summed E-state index contributed by atoms with van der Waals surface area (Å²) in [7, 11) is 0. The molecule has 1 aliphatic heterocycles. The first-order chi connectivity index (χ1) is 19.2. The minimum absolute atomic E-state index is 0.00733. The number of nitrogens with zero attached hydrogens (tertiary/aromatic N) is 3. The monoisotopic (exact) mass is 559 g/mol. The van der Waals surface area contributed by atoms with Crippen LogP contribution in [0.15, 0.2) is 66.9 Å². The maximum absolute atomic E-state index is 13.2. The van der Waals surface area contributed by atoms with Crippen LogP contribution in [-0.2, 0) is 16.6 Å². The van der Waals surface area contributed by atoms with E-state index < -0.39 is 11.2 Å². The Balaban J connectivity index is 1.29. The molecule has 1 fully saturated rings. The first-order valence-electron chi connectivity index (χ1n) is 13.6. The van der Waals surface area contributed by atoms with Crippen molar-refractivity contribution < 1.29 is 14.1 Å². The molecule has 2 heterocycles. The van der Waals surface area contributed by atoms with Crippen molar-refractivity contribution in [1.29, 1.82) is 0 Å². The van der Waals surface area contributed by atoms with Crippen molar-refractivity contribution in [1.82, 2.24) is 14.7 Å². The number of benzene rings is 3. The Kier molecular flexibility index (Phi) is 8.35. The van der Waals surface area contributed by atoms with E-state index in [-0.39, 0.29) is 11.4 Å². The summed E-state index contributed by atoms with van der Waals surface area (Å²) in [6, 6.07) is 19.4. The largest absolute Gasteiger partial charge is 0.616 e. The molecule has 9 heteroatoms. The van der Waals surface area contributed by atoms with Gasteiger partial charge < -0.3 is 14.6 Å². The van der Waals surface area contributed by atoms with Gasteiger partial charge in [0.2, 0.25) is 0 Å². The number of carbonyl (C=O) groups is 1. The highest BCUT2D eigenvalue weighted by Gasteiger charge is 2.20. The fourth-order valence-electron chi connectivity index (χ4n) is 4.85. The SMILES string of the molecule is Cc1ccc(C(C)(C)C)cc1-n1nccc1NC(=O)Nc1ccc(OCCN2CC[S+]([O-])CC2)c2ccccc12. The van der Waals surface area contributed by atoms with Gasteiger partial charge in [0.05, 0.1) is 17.6 Å². The number of aryl methyl sites for hydroxylation is 1. The highest BCUT2D eigenvalue weighted by molar-refractivity contribution is 7.91. The fraction of sp³-hybridized carbons (Fsp3) is 0.355. The number of nitrogens with one attached hydrogen (secondary N) is 2. The van der Waals surface area contributed by atoms with Crippen molar-refractivity contribution in [3.05, 3.63) is 78.0 Å². The average Bonchev–Trinajstić information content (AvgIpc) is 3.38. The lowest BCUT2D eigenvalue weighted by atomic mass is 9.86. The van der Waals surface area contributed by atoms with Crippen molar-refractivity contribution in [3.8, 4) is 11.4 Å². The maximum Gasteiger partial charge on any atom is 0.324 e. The van der Waals surface area contributed by atoms with Crippen LogP contribution in [0.3, 0.4) is 0 Å². The van der Waals surface area contributed by atoms with E-state index in [4.69, 9.17) is 4.74 Å². The molecular weight excluding hydrogens is 522 g/mol. The molecule has 0 aliphatic carbocycles. The smallest absolute Gasteiger partial charge is 0.324 e. The number of hydrogen-bond donors (Lipinski definition) is 2. The van der Waals surface area contributed by atoms with Gasteiger partial charge in [-0.15, -0.1) is 0 Å². The van der Waals surface area contributed by atoms with Gasteiger partial charge >= 0.3 is 6.03 Å². The molecule has 2 N–H and O–H groups in total. The summed E-state index contributed by atoms with van der Waals surface area (Å²) >= 11 is -0.683. The number of hydrogen-bond acceptors (Lipinski definition) is 5. The summed E-state index contributed by atoms with van der Waals surface area (Å²) in [4.78, 5) is 15.4. The van der Waals surface area contributed by atoms with Crippen LogP contribution in [0.4, 0.5) is 16.3 Å². The van der Waals surface area contributed by atoms with Gasteiger partial charge in [0.15, 0.2) is 0 Å². The summed E-state index contributed by atoms with van der Waals surface area (Å²) in [5.74, 6) is 2.82. The fourth-order valence-corrected chi connectivity index (χ4v) is 5.98. The van der Waals surface area contributed by atoms with E-state index in [0.29, 0.717) is 18.1 Å². The molecule has 1 saturated heterocycles. The predicted molar refractivity (Wildman–Crippen MR) is 163 cm³/mol. The topological polar surface area (TPSA) is 94.5 Å². The van der Waals surface area contributed by atoms with Crippen molar-refractivity contribution in [2.45, 2.75) is 33.1 Å². The molecule has 8 nitrogen and oxygen atoms in total. The Morgan fingerprint density at radius 3 is 2.52 bits per heavy atom. The zero-order chi connectivity index (χ0) is 28.3. The standard InChI is InChI=1S/C31H37N5O3S/c1-22-9-10-23(31(2,3)4)21-27(22)36-29(13-14-32-36)34-30(37)33-26-11-12-28(25-8-6-5-7-24(25)26)39-18-15-35-16-19-40(38)20-17-35/h5-14,21H,15-20H2,1-4H3,(H2,33,34,37). The van der Waals surface area contributed by atoms with Crippen LogP contribution in [0.2, 0.25) is 0 Å². The second-order valence-corrected chi connectivity index (χ2v) is 12.8. The Hall–Kier alpha value is -3.53. The van der Waals surface area contributed by atoms with E-state index in [0.717, 1.165) is 58.9 Å². The molecule has 0 radical (unpaired) electrons. The summed E-state index contributed by atoms with van der Waals surface area (Å²) in [6.45, 7) is 11.6. The van der Waals surface area contributed by atoms with Crippen molar-refractivity contribution in [3.63, 3.8) is 0 Å². The van der Waals surface area contributed by atoms with E-state index in [2.05, 4.69) is 59.6 Å². The van der Waals surface area contributed by atoms with Gasteiger partial charge in [-0.05, 0) is 41.7 Å². The lowest BCUT2D eigenvalue weighted by Crippen LogP contribution is -2.42. The molecule has 5 rings (SSSR count). The van der Waals surface area contributed by atoms with Crippen LogP contribution in [0, 0.1) is 6.92 Å². The maximum atomic E-state index is 13.2. The lowest BCUT2D eigenvalue weighted by Gasteiger charge is -2.27. The lowest BCUT2D eigenvalue weighted by molar-refractivity contribution is 0.221. The normalized spacial score (nSPS) is 14.8. The van der Waals surface area contributed by atoms with Crippen LogP contribution >= 0.6 is 0 Å². The van der Waals surface area contributed by atoms with Crippen LogP contribution in [0.1, 0.15) is 31.9 Å². The molecule has 3 aromatic carbocycles. The highest BCUT2D eigenvalue weighted by atomic mass is 32.2.